The van der Waals surface area contributed by atoms with Gasteiger partial charge in [-0.3, -0.25) is 0 Å². The van der Waals surface area contributed by atoms with Crippen molar-refractivity contribution in [2.24, 2.45) is 0 Å². The smallest absolute Gasteiger partial charge is 0.322 e. The fourth-order valence-corrected chi connectivity index (χ4v) is 31.5. The maximum atomic E-state index is 6.54. The third-order valence-corrected chi connectivity index (χ3v) is 25.1. The highest BCUT2D eigenvalue weighted by Gasteiger charge is 2.47. The minimum Gasteiger partial charge on any atom is -0.416 e. The van der Waals surface area contributed by atoms with Gasteiger partial charge in [0.05, 0.1) is 0 Å². The maximum Gasteiger partial charge on any atom is 0.322 e. The third kappa shape index (κ3) is 13.9. The lowest BCUT2D eigenvalue weighted by atomic mass is 10.9. The molecule has 0 saturated heterocycles. The van der Waals surface area contributed by atoms with Gasteiger partial charge in [-0.1, -0.05) is 0 Å². The molecule has 176 valence electrons. The lowest BCUT2D eigenvalue weighted by Crippen LogP contribution is -2.60. The van der Waals surface area contributed by atoms with Crippen LogP contribution in [0.4, 0.5) is 0 Å². The predicted molar refractivity (Wildman–Crippen MR) is 134 cm³/mol. The fraction of sp³-hybridized carbons (Fsp3) is 1.00. The van der Waals surface area contributed by atoms with Crippen LogP contribution in [0.5, 0.6) is 0 Å². The van der Waals surface area contributed by atoms with Crippen LogP contribution in [-0.2, 0) is 29.4 Å². The summed E-state index contributed by atoms with van der Waals surface area (Å²) in [7, 11) is -14.2. The minimum absolute atomic E-state index is 0.649. The lowest BCUT2D eigenvalue weighted by Gasteiger charge is -2.42. The Morgan fingerprint density at radius 2 is 0.517 bits per heavy atom. The van der Waals surface area contributed by atoms with Gasteiger partial charge in [-0.15, -0.1) is 0 Å². The quantitative estimate of drug-likeness (QED) is 0.287. The second kappa shape index (κ2) is 10.8. The van der Waals surface area contributed by atoms with Crippen LogP contribution in [0.3, 0.4) is 0 Å². The average molecular weight is 519 g/mol. The molecule has 0 aliphatic heterocycles. The summed E-state index contributed by atoms with van der Waals surface area (Å²) in [5.74, 6) is 0. The van der Waals surface area contributed by atoms with E-state index in [1.807, 2.05) is 13.8 Å². The van der Waals surface area contributed by atoms with Crippen LogP contribution >= 0.6 is 0 Å². The zero-order chi connectivity index (χ0) is 23.4. The molecule has 0 radical (unpaired) electrons. The molecular weight excluding hydrogens is 473 g/mol. The van der Waals surface area contributed by atoms with Gasteiger partial charge in [-0.05, 0) is 92.4 Å². The van der Waals surface area contributed by atoms with Crippen LogP contribution in [0.25, 0.3) is 0 Å². The largest absolute Gasteiger partial charge is 0.416 e. The first-order valence-electron chi connectivity index (χ1n) is 10.4. The molecule has 0 spiro atoms. The molecule has 0 atom stereocenters. The Morgan fingerprint density at radius 1 is 0.345 bits per heavy atom. The summed E-state index contributed by atoms with van der Waals surface area (Å²) >= 11 is 0. The molecule has 0 aliphatic rings. The Balaban J connectivity index is 5.10. The van der Waals surface area contributed by atoms with Crippen molar-refractivity contribution in [2.75, 3.05) is 13.2 Å². The van der Waals surface area contributed by atoms with Crippen LogP contribution in [0, 0.1) is 0 Å². The molecular formula is C16H46O7Si6. The second-order valence-electron chi connectivity index (χ2n) is 9.78. The van der Waals surface area contributed by atoms with Crippen molar-refractivity contribution in [1.82, 2.24) is 0 Å². The van der Waals surface area contributed by atoms with Gasteiger partial charge >= 0.3 is 51.4 Å². The molecule has 0 bridgehead atoms. The van der Waals surface area contributed by atoms with Gasteiger partial charge in [-0.2, -0.15) is 0 Å². The van der Waals surface area contributed by atoms with E-state index in [1.54, 1.807) is 0 Å². The Labute approximate surface area is 186 Å². The molecule has 0 saturated carbocycles. The number of hydrogen-bond acceptors (Lipinski definition) is 7. The van der Waals surface area contributed by atoms with E-state index in [0.717, 1.165) is 0 Å². The van der Waals surface area contributed by atoms with Crippen LogP contribution < -0.4 is 0 Å². The molecule has 0 rings (SSSR count). The SMILES string of the molecule is CCO[Si](C)(C)O[Si](C)(C)O[Si](C)(C)O[Si](C)(C)O[Si](C)(C)O[Si](C)(C)OCC. The number of rotatable bonds is 14. The molecule has 0 fully saturated rings. The summed E-state index contributed by atoms with van der Waals surface area (Å²) in [6.07, 6.45) is 0. The van der Waals surface area contributed by atoms with E-state index in [2.05, 4.69) is 78.6 Å². The summed E-state index contributed by atoms with van der Waals surface area (Å²) in [5.41, 5.74) is 0. The topological polar surface area (TPSA) is 64.6 Å². The summed E-state index contributed by atoms with van der Waals surface area (Å²) < 4.78 is 43.9. The number of hydrogen-bond donors (Lipinski definition) is 0. The third-order valence-electron chi connectivity index (χ3n) is 3.44. The first-order chi connectivity index (χ1) is 12.7. The van der Waals surface area contributed by atoms with Crippen LogP contribution in [0.1, 0.15) is 13.8 Å². The van der Waals surface area contributed by atoms with Crippen molar-refractivity contribution in [1.29, 1.82) is 0 Å². The normalized spacial score (nSPS) is 15.1. The van der Waals surface area contributed by atoms with Crippen molar-refractivity contribution in [3.8, 4) is 0 Å². The molecule has 7 nitrogen and oxygen atoms in total. The summed E-state index contributed by atoms with van der Waals surface area (Å²) in [4.78, 5) is 0. The first-order valence-corrected chi connectivity index (χ1v) is 27.3. The van der Waals surface area contributed by atoms with E-state index in [4.69, 9.17) is 29.4 Å². The van der Waals surface area contributed by atoms with Gasteiger partial charge in [0.15, 0.2) is 0 Å². The highest BCUT2D eigenvalue weighted by molar-refractivity contribution is 6.90. The highest BCUT2D eigenvalue weighted by Crippen LogP contribution is 2.27. The molecule has 29 heavy (non-hydrogen) atoms. The molecule has 0 aromatic rings. The van der Waals surface area contributed by atoms with Crippen molar-refractivity contribution >= 4 is 51.4 Å². The van der Waals surface area contributed by atoms with E-state index in [9.17, 15) is 0 Å². The molecule has 0 aliphatic carbocycles. The van der Waals surface area contributed by atoms with Gasteiger partial charge < -0.3 is 29.4 Å². The van der Waals surface area contributed by atoms with Crippen molar-refractivity contribution in [2.45, 2.75) is 92.4 Å². The fourth-order valence-electron chi connectivity index (χ4n) is 3.80. The van der Waals surface area contributed by atoms with Crippen molar-refractivity contribution in [3.05, 3.63) is 0 Å². The van der Waals surface area contributed by atoms with Crippen LogP contribution in [0.15, 0.2) is 0 Å². The predicted octanol–water partition coefficient (Wildman–Crippen LogP) is 5.35. The van der Waals surface area contributed by atoms with Gasteiger partial charge in [0.25, 0.3) is 0 Å². The van der Waals surface area contributed by atoms with Crippen LogP contribution in [0.2, 0.25) is 78.6 Å². The Bertz CT molecular complexity index is 468. The zero-order valence-corrected chi connectivity index (χ0v) is 27.3. The van der Waals surface area contributed by atoms with Gasteiger partial charge in [0, 0.05) is 13.2 Å². The maximum absolute atomic E-state index is 6.54. The van der Waals surface area contributed by atoms with Crippen molar-refractivity contribution in [3.63, 3.8) is 0 Å². The minimum atomic E-state index is -2.48. The Kier molecular flexibility index (Phi) is 11.1. The Hall–Kier alpha value is 1.02. The molecule has 0 N–H and O–H groups in total. The van der Waals surface area contributed by atoms with Gasteiger partial charge in [0.2, 0.25) is 0 Å². The van der Waals surface area contributed by atoms with E-state index in [-0.39, 0.29) is 0 Å². The second-order valence-corrected chi connectivity index (χ2v) is 31.2. The summed E-state index contributed by atoms with van der Waals surface area (Å²) in [6.45, 7) is 30.0. The average Bonchev–Trinajstić information content (AvgIpc) is 2.28. The molecule has 13 heteroatoms. The molecule has 0 aromatic heterocycles. The first kappa shape index (κ1) is 30.0. The lowest BCUT2D eigenvalue weighted by molar-refractivity contribution is 0.224. The van der Waals surface area contributed by atoms with Crippen molar-refractivity contribution < 1.29 is 29.4 Å². The van der Waals surface area contributed by atoms with E-state index >= 15 is 0 Å². The van der Waals surface area contributed by atoms with Gasteiger partial charge in [0.1, 0.15) is 0 Å². The molecule has 0 amide bonds. The van der Waals surface area contributed by atoms with E-state index in [0.29, 0.717) is 13.2 Å². The van der Waals surface area contributed by atoms with Gasteiger partial charge in [-0.25, -0.2) is 0 Å². The molecule has 0 aromatic carbocycles. The standard InChI is InChI=1S/C16H46O7Si6/c1-15-17-24(3,4)19-26(7,8)21-28(11,12)23-29(13,14)22-27(9,10)20-25(5,6)18-16-2/h15-16H2,1-14H3. The zero-order valence-electron chi connectivity index (χ0n) is 21.3. The van der Waals surface area contributed by atoms with E-state index in [1.165, 1.54) is 0 Å². The summed E-state index contributed by atoms with van der Waals surface area (Å²) in [6, 6.07) is 0. The molecule has 0 heterocycles. The summed E-state index contributed by atoms with van der Waals surface area (Å²) in [5, 5.41) is 0. The van der Waals surface area contributed by atoms with Crippen LogP contribution in [-0.4, -0.2) is 64.6 Å². The molecule has 0 unspecified atom stereocenters. The highest BCUT2D eigenvalue weighted by atomic mass is 28.5. The van der Waals surface area contributed by atoms with E-state index < -0.39 is 51.4 Å². The Morgan fingerprint density at radius 3 is 0.690 bits per heavy atom. The monoisotopic (exact) mass is 518 g/mol.